The maximum absolute atomic E-state index is 13.0. The molecular weight excluding hydrogens is 255 g/mol. The molecule has 0 bridgehead atoms. The summed E-state index contributed by atoms with van der Waals surface area (Å²) in [4.78, 5) is 6.49. The van der Waals surface area contributed by atoms with Gasteiger partial charge < -0.3 is 9.64 Å². The summed E-state index contributed by atoms with van der Waals surface area (Å²) < 4.78 is 18.6. The largest absolute Gasteiger partial charge is 0.478 e. The molecule has 3 nitrogen and oxygen atoms in total. The normalized spacial score (nSPS) is 20.3. The van der Waals surface area contributed by atoms with Crippen LogP contribution in [0.25, 0.3) is 0 Å². The van der Waals surface area contributed by atoms with E-state index in [1.54, 1.807) is 0 Å². The van der Waals surface area contributed by atoms with Crippen molar-refractivity contribution >= 4 is 0 Å². The van der Waals surface area contributed by atoms with Crippen LogP contribution < -0.4 is 4.74 Å². The first-order chi connectivity index (χ1) is 9.45. The second-order valence-electron chi connectivity index (χ2n) is 6.52. The average Bonchev–Trinajstić information content (AvgIpc) is 2.80. The van der Waals surface area contributed by atoms with Crippen LogP contribution in [0.15, 0.2) is 18.3 Å². The lowest BCUT2D eigenvalue weighted by atomic mass is 9.88. The summed E-state index contributed by atoms with van der Waals surface area (Å²) in [6.07, 6.45) is 2.83. The van der Waals surface area contributed by atoms with Crippen LogP contribution in [0.3, 0.4) is 0 Å². The monoisotopic (exact) mass is 280 g/mol. The molecule has 1 aromatic rings. The molecule has 1 aliphatic heterocycles. The van der Waals surface area contributed by atoms with Crippen LogP contribution in [-0.2, 0) is 5.41 Å². The van der Waals surface area contributed by atoms with Crippen molar-refractivity contribution in [2.45, 2.75) is 45.2 Å². The Morgan fingerprint density at radius 2 is 2.20 bits per heavy atom. The summed E-state index contributed by atoms with van der Waals surface area (Å²) in [5.74, 6) is 0.669. The van der Waals surface area contributed by atoms with Crippen molar-refractivity contribution in [2.75, 3.05) is 26.2 Å². The van der Waals surface area contributed by atoms with Gasteiger partial charge in [0, 0.05) is 31.9 Å². The lowest BCUT2D eigenvalue weighted by Crippen LogP contribution is -2.23. The molecule has 0 N–H and O–H groups in total. The molecule has 1 aliphatic rings. The van der Waals surface area contributed by atoms with Crippen LogP contribution in [0.4, 0.5) is 4.39 Å². The van der Waals surface area contributed by atoms with Crippen LogP contribution in [0, 0.1) is 0 Å². The van der Waals surface area contributed by atoms with Gasteiger partial charge in [-0.1, -0.05) is 26.8 Å². The molecule has 2 heterocycles. The summed E-state index contributed by atoms with van der Waals surface area (Å²) in [5.41, 5.74) is 1.32. The Bertz CT molecular complexity index is 413. The van der Waals surface area contributed by atoms with Gasteiger partial charge in [0.05, 0.1) is 6.61 Å². The molecule has 0 saturated carbocycles. The summed E-state index contributed by atoms with van der Waals surface area (Å²) in [6.45, 7) is 9.49. The van der Waals surface area contributed by atoms with E-state index in [0.29, 0.717) is 25.5 Å². The number of nitrogens with zero attached hydrogens (tertiary/aromatic N) is 2. The zero-order valence-corrected chi connectivity index (χ0v) is 12.7. The summed E-state index contributed by atoms with van der Waals surface area (Å²) in [5, 5.41) is 0. The molecule has 0 amide bonds. The molecule has 4 heteroatoms. The zero-order valence-electron chi connectivity index (χ0n) is 12.7. The van der Waals surface area contributed by atoms with Crippen LogP contribution in [0.1, 0.15) is 39.2 Å². The standard InChI is InChI=1S/C16H25FN2O/c1-16(2,3)13-5-6-15(18-11-13)20-10-4-8-19-9-7-14(17)12-19/h5-6,11,14H,4,7-10,12H2,1-3H3/t14-/m0/s1. The number of rotatable bonds is 5. The zero-order chi connectivity index (χ0) is 14.6. The maximum atomic E-state index is 13.0. The third-order valence-electron chi connectivity index (χ3n) is 3.69. The number of aromatic nitrogens is 1. The van der Waals surface area contributed by atoms with Crippen molar-refractivity contribution in [3.05, 3.63) is 23.9 Å². The fraction of sp³-hybridized carbons (Fsp3) is 0.688. The highest BCUT2D eigenvalue weighted by atomic mass is 19.1. The summed E-state index contributed by atoms with van der Waals surface area (Å²) >= 11 is 0. The van der Waals surface area contributed by atoms with E-state index in [4.69, 9.17) is 4.74 Å². The SMILES string of the molecule is CC(C)(C)c1ccc(OCCCN2CC[C@H](F)C2)nc1. The minimum absolute atomic E-state index is 0.115. The molecule has 0 aromatic carbocycles. The second-order valence-corrected chi connectivity index (χ2v) is 6.52. The molecule has 0 radical (unpaired) electrons. The van der Waals surface area contributed by atoms with Gasteiger partial charge in [-0.05, 0) is 23.8 Å². The number of hydrogen-bond donors (Lipinski definition) is 0. The number of pyridine rings is 1. The lowest BCUT2D eigenvalue weighted by Gasteiger charge is -2.18. The molecule has 1 atom stereocenters. The highest BCUT2D eigenvalue weighted by molar-refractivity contribution is 5.23. The van der Waals surface area contributed by atoms with Gasteiger partial charge in [-0.15, -0.1) is 0 Å². The Balaban J connectivity index is 1.69. The summed E-state index contributed by atoms with van der Waals surface area (Å²) in [7, 11) is 0. The van der Waals surface area contributed by atoms with Gasteiger partial charge in [-0.2, -0.15) is 0 Å². The van der Waals surface area contributed by atoms with Crippen LogP contribution in [0.5, 0.6) is 5.88 Å². The third kappa shape index (κ3) is 4.44. The van der Waals surface area contributed by atoms with E-state index in [0.717, 1.165) is 19.5 Å². The van der Waals surface area contributed by atoms with E-state index in [1.807, 2.05) is 12.3 Å². The van der Waals surface area contributed by atoms with Crippen molar-refractivity contribution in [3.8, 4) is 5.88 Å². The summed E-state index contributed by atoms with van der Waals surface area (Å²) in [6, 6.07) is 3.99. The lowest BCUT2D eigenvalue weighted by molar-refractivity contribution is 0.244. The first-order valence-corrected chi connectivity index (χ1v) is 7.41. The van der Waals surface area contributed by atoms with Gasteiger partial charge in [0.1, 0.15) is 6.17 Å². The van der Waals surface area contributed by atoms with Crippen LogP contribution in [-0.4, -0.2) is 42.3 Å². The Labute approximate surface area is 121 Å². The van der Waals surface area contributed by atoms with Crippen molar-refractivity contribution in [2.24, 2.45) is 0 Å². The van der Waals surface area contributed by atoms with Gasteiger partial charge in [0.25, 0.3) is 0 Å². The van der Waals surface area contributed by atoms with Gasteiger partial charge in [-0.3, -0.25) is 0 Å². The molecule has 1 saturated heterocycles. The van der Waals surface area contributed by atoms with E-state index >= 15 is 0 Å². The highest BCUT2D eigenvalue weighted by Crippen LogP contribution is 2.22. The van der Waals surface area contributed by atoms with E-state index < -0.39 is 6.17 Å². The molecule has 1 fully saturated rings. The number of alkyl halides is 1. The van der Waals surface area contributed by atoms with E-state index in [-0.39, 0.29) is 5.41 Å². The quantitative estimate of drug-likeness (QED) is 0.775. The number of halogens is 1. The van der Waals surface area contributed by atoms with Crippen molar-refractivity contribution in [1.29, 1.82) is 0 Å². The average molecular weight is 280 g/mol. The topological polar surface area (TPSA) is 25.4 Å². The number of hydrogen-bond acceptors (Lipinski definition) is 3. The van der Waals surface area contributed by atoms with Crippen molar-refractivity contribution in [1.82, 2.24) is 9.88 Å². The van der Waals surface area contributed by atoms with E-state index in [9.17, 15) is 4.39 Å². The van der Waals surface area contributed by atoms with Gasteiger partial charge in [0.15, 0.2) is 0 Å². The van der Waals surface area contributed by atoms with Crippen molar-refractivity contribution in [3.63, 3.8) is 0 Å². The third-order valence-corrected chi connectivity index (χ3v) is 3.69. The molecule has 20 heavy (non-hydrogen) atoms. The Morgan fingerprint density at radius 1 is 1.40 bits per heavy atom. The molecule has 112 valence electrons. The minimum Gasteiger partial charge on any atom is -0.478 e. The van der Waals surface area contributed by atoms with E-state index in [1.165, 1.54) is 5.56 Å². The van der Waals surface area contributed by atoms with E-state index in [2.05, 4.69) is 36.7 Å². The smallest absolute Gasteiger partial charge is 0.213 e. The van der Waals surface area contributed by atoms with Gasteiger partial charge in [-0.25, -0.2) is 9.37 Å². The Kier molecular flexibility index (Phi) is 4.97. The predicted octanol–water partition coefficient (Wildman–Crippen LogP) is 3.19. The van der Waals surface area contributed by atoms with Gasteiger partial charge in [0.2, 0.25) is 5.88 Å². The first-order valence-electron chi connectivity index (χ1n) is 7.41. The minimum atomic E-state index is -0.637. The van der Waals surface area contributed by atoms with Gasteiger partial charge >= 0.3 is 0 Å². The maximum Gasteiger partial charge on any atom is 0.213 e. The molecule has 0 spiro atoms. The molecule has 2 rings (SSSR count). The Morgan fingerprint density at radius 3 is 2.75 bits per heavy atom. The van der Waals surface area contributed by atoms with Crippen molar-refractivity contribution < 1.29 is 9.13 Å². The number of ether oxygens (including phenoxy) is 1. The Hall–Kier alpha value is -1.16. The highest BCUT2D eigenvalue weighted by Gasteiger charge is 2.20. The van der Waals surface area contributed by atoms with Crippen LogP contribution in [0.2, 0.25) is 0 Å². The number of likely N-dealkylation sites (tertiary alicyclic amines) is 1. The predicted molar refractivity (Wildman–Crippen MR) is 79.0 cm³/mol. The fourth-order valence-electron chi connectivity index (χ4n) is 2.36. The molecular formula is C16H25FN2O. The fourth-order valence-corrected chi connectivity index (χ4v) is 2.36. The first kappa shape index (κ1) is 15.2. The van der Waals surface area contributed by atoms with Crippen LogP contribution >= 0.6 is 0 Å². The molecule has 1 aromatic heterocycles. The molecule has 0 aliphatic carbocycles. The second kappa shape index (κ2) is 6.53. The molecule has 0 unspecified atom stereocenters.